The molecule has 2 N–H and O–H groups in total. The molecule has 1 amide bonds. The molecule has 1 aromatic heterocycles. The van der Waals surface area contributed by atoms with Crippen molar-refractivity contribution in [2.45, 2.75) is 51.7 Å². The number of pyridine rings is 1. The number of carbonyl (C=O) groups is 1. The number of aliphatic hydroxyl groups is 1. The summed E-state index contributed by atoms with van der Waals surface area (Å²) in [5.41, 5.74) is 0.508. The molecule has 0 unspecified atom stereocenters. The van der Waals surface area contributed by atoms with Crippen LogP contribution in [0.1, 0.15) is 45.1 Å². The molecule has 1 aliphatic heterocycles. The first-order valence-electron chi connectivity index (χ1n) is 8.68. The van der Waals surface area contributed by atoms with Gasteiger partial charge in [0.25, 0.3) is 0 Å². The lowest BCUT2D eigenvalue weighted by atomic mass is 9.69. The Kier molecular flexibility index (Phi) is 4.57. The smallest absolute Gasteiger partial charge is 0.217 e. The van der Waals surface area contributed by atoms with E-state index in [0.29, 0.717) is 18.4 Å². The Hall–Kier alpha value is -1.62. The molecule has 2 heterocycles. The first kappa shape index (κ1) is 16.2. The van der Waals surface area contributed by atoms with E-state index >= 15 is 0 Å². The molecular weight excluding hydrogens is 290 g/mol. The van der Waals surface area contributed by atoms with Gasteiger partial charge in [-0.1, -0.05) is 19.4 Å². The highest BCUT2D eigenvalue weighted by Gasteiger charge is 2.47. The summed E-state index contributed by atoms with van der Waals surface area (Å²) in [4.78, 5) is 17.8. The number of hydrogen-bond acceptors (Lipinski definition) is 4. The number of fused-ring (bicyclic) bond motifs is 1. The number of aromatic nitrogens is 1. The van der Waals surface area contributed by atoms with E-state index in [4.69, 9.17) is 0 Å². The fraction of sp³-hybridized carbons (Fsp3) is 0.667. The van der Waals surface area contributed by atoms with Crippen molar-refractivity contribution in [3.8, 4) is 0 Å². The van der Waals surface area contributed by atoms with Crippen LogP contribution in [-0.4, -0.2) is 34.7 Å². The number of hydrogen-bond donors (Lipinski definition) is 2. The zero-order valence-electron chi connectivity index (χ0n) is 14.1. The van der Waals surface area contributed by atoms with Gasteiger partial charge in [0, 0.05) is 38.7 Å². The number of nitrogens with zero attached hydrogens (tertiary/aromatic N) is 2. The van der Waals surface area contributed by atoms with Gasteiger partial charge < -0.3 is 15.3 Å². The molecule has 0 radical (unpaired) electrons. The molecule has 126 valence electrons. The van der Waals surface area contributed by atoms with Crippen LogP contribution >= 0.6 is 0 Å². The van der Waals surface area contributed by atoms with E-state index in [1.165, 1.54) is 13.3 Å². The molecule has 2 aliphatic rings. The third-order valence-corrected chi connectivity index (χ3v) is 5.60. The van der Waals surface area contributed by atoms with Crippen LogP contribution in [0.25, 0.3) is 0 Å². The number of rotatable bonds is 4. The summed E-state index contributed by atoms with van der Waals surface area (Å²) < 4.78 is 0. The van der Waals surface area contributed by atoms with E-state index in [1.807, 2.05) is 18.3 Å². The van der Waals surface area contributed by atoms with Crippen LogP contribution in [0.15, 0.2) is 18.3 Å². The first-order valence-corrected chi connectivity index (χ1v) is 8.68. The molecule has 1 saturated carbocycles. The van der Waals surface area contributed by atoms with Crippen molar-refractivity contribution in [1.29, 1.82) is 0 Å². The van der Waals surface area contributed by atoms with Gasteiger partial charge in [-0.05, 0) is 36.8 Å². The zero-order chi connectivity index (χ0) is 16.4. The van der Waals surface area contributed by atoms with Gasteiger partial charge in [-0.15, -0.1) is 0 Å². The van der Waals surface area contributed by atoms with E-state index in [9.17, 15) is 9.90 Å². The minimum atomic E-state index is -0.497. The highest BCUT2D eigenvalue weighted by Crippen LogP contribution is 2.44. The zero-order valence-corrected chi connectivity index (χ0v) is 14.1. The molecule has 0 aromatic carbocycles. The van der Waals surface area contributed by atoms with Crippen molar-refractivity contribution in [1.82, 2.24) is 10.3 Å². The van der Waals surface area contributed by atoms with Gasteiger partial charge in [0.05, 0.1) is 5.60 Å². The van der Waals surface area contributed by atoms with Crippen LogP contribution < -0.4 is 10.2 Å². The van der Waals surface area contributed by atoms with Crippen LogP contribution in [0.2, 0.25) is 0 Å². The fourth-order valence-corrected chi connectivity index (χ4v) is 4.19. The summed E-state index contributed by atoms with van der Waals surface area (Å²) in [6.45, 7) is 6.02. The molecule has 0 bridgehead atoms. The minimum Gasteiger partial charge on any atom is -0.390 e. The van der Waals surface area contributed by atoms with Gasteiger partial charge in [0.2, 0.25) is 5.91 Å². The predicted molar refractivity (Wildman–Crippen MR) is 90.0 cm³/mol. The van der Waals surface area contributed by atoms with Crippen molar-refractivity contribution in [2.24, 2.45) is 11.8 Å². The van der Waals surface area contributed by atoms with Crippen molar-refractivity contribution < 1.29 is 9.90 Å². The summed E-state index contributed by atoms with van der Waals surface area (Å²) in [5, 5.41) is 13.7. The quantitative estimate of drug-likeness (QED) is 0.892. The summed E-state index contributed by atoms with van der Waals surface area (Å²) in [6, 6.07) is 4.05. The number of carbonyl (C=O) groups excluding carboxylic acids is 1. The van der Waals surface area contributed by atoms with Crippen molar-refractivity contribution in [3.63, 3.8) is 0 Å². The largest absolute Gasteiger partial charge is 0.390 e. The highest BCUT2D eigenvalue weighted by molar-refractivity contribution is 5.72. The van der Waals surface area contributed by atoms with Gasteiger partial charge >= 0.3 is 0 Å². The average Bonchev–Trinajstić information content (AvgIpc) is 2.99. The van der Waals surface area contributed by atoms with Crippen molar-refractivity contribution >= 4 is 11.7 Å². The maximum Gasteiger partial charge on any atom is 0.217 e. The average molecular weight is 317 g/mol. The maximum absolute atomic E-state index is 11.0. The van der Waals surface area contributed by atoms with Gasteiger partial charge in [-0.3, -0.25) is 4.79 Å². The second-order valence-corrected chi connectivity index (χ2v) is 7.06. The molecule has 1 aromatic rings. The molecule has 2 fully saturated rings. The van der Waals surface area contributed by atoms with Gasteiger partial charge in [0.1, 0.15) is 5.82 Å². The van der Waals surface area contributed by atoms with E-state index in [1.54, 1.807) is 0 Å². The lowest BCUT2D eigenvalue weighted by Crippen LogP contribution is -2.44. The first-order chi connectivity index (χ1) is 11.0. The van der Waals surface area contributed by atoms with E-state index in [2.05, 4.69) is 22.1 Å². The predicted octanol–water partition coefficient (Wildman–Crippen LogP) is 2.10. The molecular formula is C18H27N3O2. The van der Waals surface area contributed by atoms with Crippen molar-refractivity contribution in [2.75, 3.05) is 18.0 Å². The molecule has 23 heavy (non-hydrogen) atoms. The monoisotopic (exact) mass is 317 g/mol. The molecule has 1 saturated heterocycles. The molecule has 5 heteroatoms. The standard InChI is InChI=1S/C18H27N3O2/c1-3-18(23)8-4-5-15-11-21(12-16(15)18)17-7-6-14(10-20-17)9-19-13(2)22/h6-7,10,15-16,23H,3-5,8-9,11-12H2,1-2H3,(H,19,22)/t15-,16+,18-/m1/s1. The topological polar surface area (TPSA) is 65.5 Å². The molecule has 5 nitrogen and oxygen atoms in total. The Morgan fingerprint density at radius 3 is 2.96 bits per heavy atom. The van der Waals surface area contributed by atoms with E-state index in [0.717, 1.165) is 43.7 Å². The summed E-state index contributed by atoms with van der Waals surface area (Å²) in [6.07, 6.45) is 5.94. The Bertz CT molecular complexity index is 560. The SMILES string of the molecule is CC[C@@]1(O)CCC[C@@H]2CN(c3ccc(CNC(C)=O)cn3)C[C@@H]21. The van der Waals surface area contributed by atoms with Crippen LogP contribution in [0.3, 0.4) is 0 Å². The van der Waals surface area contributed by atoms with Gasteiger partial charge in [-0.2, -0.15) is 0 Å². The van der Waals surface area contributed by atoms with Crippen LogP contribution in [0.5, 0.6) is 0 Å². The van der Waals surface area contributed by atoms with Crippen LogP contribution in [-0.2, 0) is 11.3 Å². The van der Waals surface area contributed by atoms with Crippen LogP contribution in [0.4, 0.5) is 5.82 Å². The second-order valence-electron chi connectivity index (χ2n) is 7.06. The summed E-state index contributed by atoms with van der Waals surface area (Å²) in [7, 11) is 0. The Morgan fingerprint density at radius 2 is 2.30 bits per heavy atom. The fourth-order valence-electron chi connectivity index (χ4n) is 4.19. The van der Waals surface area contributed by atoms with Gasteiger partial charge in [-0.25, -0.2) is 4.98 Å². The second kappa shape index (κ2) is 6.48. The third kappa shape index (κ3) is 3.34. The highest BCUT2D eigenvalue weighted by atomic mass is 16.3. The Morgan fingerprint density at radius 1 is 1.48 bits per heavy atom. The Balaban J connectivity index is 1.67. The lowest BCUT2D eigenvalue weighted by Gasteiger charge is -2.40. The number of anilines is 1. The molecule has 1 aliphatic carbocycles. The number of nitrogens with one attached hydrogen (secondary N) is 1. The Labute approximate surface area is 138 Å². The minimum absolute atomic E-state index is 0.0310. The van der Waals surface area contributed by atoms with Crippen molar-refractivity contribution in [3.05, 3.63) is 23.9 Å². The van der Waals surface area contributed by atoms with E-state index in [-0.39, 0.29) is 5.91 Å². The molecule has 3 atom stereocenters. The number of amides is 1. The maximum atomic E-state index is 11.0. The summed E-state index contributed by atoms with van der Waals surface area (Å²) >= 11 is 0. The van der Waals surface area contributed by atoms with Gasteiger partial charge in [0.15, 0.2) is 0 Å². The van der Waals surface area contributed by atoms with Crippen LogP contribution in [0, 0.1) is 11.8 Å². The summed E-state index contributed by atoms with van der Waals surface area (Å²) in [5.74, 6) is 1.89. The third-order valence-electron chi connectivity index (χ3n) is 5.60. The molecule has 0 spiro atoms. The normalized spacial score (nSPS) is 30.1. The molecule has 3 rings (SSSR count). The van der Waals surface area contributed by atoms with E-state index < -0.39 is 5.60 Å². The lowest BCUT2D eigenvalue weighted by molar-refractivity contribution is -0.119.